The monoisotopic (exact) mass is 275 g/mol. The number of nitrogens with zero attached hydrogens (tertiary/aromatic N) is 1. The molecule has 1 aromatic carbocycles. The molecule has 3 rings (SSSR count). The summed E-state index contributed by atoms with van der Waals surface area (Å²) in [6, 6.07) is 5.68. The summed E-state index contributed by atoms with van der Waals surface area (Å²) in [7, 11) is 1.37. The third-order valence-corrected chi connectivity index (χ3v) is 3.59. The Morgan fingerprint density at radius 3 is 2.65 bits per heavy atom. The van der Waals surface area contributed by atoms with E-state index in [-0.39, 0.29) is 25.0 Å². The van der Waals surface area contributed by atoms with Crippen LogP contribution in [-0.2, 0) is 14.1 Å². The molecule has 0 bridgehead atoms. The topological polar surface area (TPSA) is 48.0 Å². The third-order valence-electron chi connectivity index (χ3n) is 3.59. The minimum atomic E-state index is -0.376. The summed E-state index contributed by atoms with van der Waals surface area (Å²) in [5.74, 6) is 0.660. The molecular weight excluding hydrogens is 257 g/mol. The molecular formula is C14H18BNO4. The summed E-state index contributed by atoms with van der Waals surface area (Å²) < 4.78 is 16.9. The van der Waals surface area contributed by atoms with Gasteiger partial charge in [-0.05, 0) is 17.6 Å². The molecule has 0 N–H and O–H groups in total. The van der Waals surface area contributed by atoms with E-state index in [4.69, 9.17) is 14.0 Å². The van der Waals surface area contributed by atoms with Crippen LogP contribution in [0, 0.1) is 5.41 Å². The van der Waals surface area contributed by atoms with Crippen molar-refractivity contribution in [1.29, 1.82) is 0 Å². The fourth-order valence-corrected chi connectivity index (χ4v) is 2.32. The van der Waals surface area contributed by atoms with Crippen LogP contribution >= 0.6 is 0 Å². The Morgan fingerprint density at radius 1 is 1.25 bits per heavy atom. The maximum Gasteiger partial charge on any atom is 0.493 e. The van der Waals surface area contributed by atoms with Crippen LogP contribution in [0.1, 0.15) is 13.8 Å². The predicted molar refractivity (Wildman–Crippen MR) is 76.4 cm³/mol. The Bertz CT molecular complexity index is 536. The van der Waals surface area contributed by atoms with Crippen molar-refractivity contribution in [2.45, 2.75) is 13.8 Å². The van der Waals surface area contributed by atoms with Gasteiger partial charge in [-0.25, -0.2) is 0 Å². The first kappa shape index (κ1) is 13.5. The number of ether oxygens (including phenoxy) is 1. The van der Waals surface area contributed by atoms with Crippen molar-refractivity contribution in [1.82, 2.24) is 0 Å². The van der Waals surface area contributed by atoms with E-state index in [1.807, 2.05) is 18.2 Å². The first-order chi connectivity index (χ1) is 9.46. The SMILES string of the molecule is CN1C(=O)COc2ccc(B3OCC(C)(C)CO3)cc21. The molecule has 0 atom stereocenters. The number of carbonyl (C=O) groups is 1. The zero-order valence-corrected chi connectivity index (χ0v) is 12.0. The van der Waals surface area contributed by atoms with Crippen LogP contribution in [0.3, 0.4) is 0 Å². The Labute approximate surface area is 118 Å². The molecule has 2 aliphatic heterocycles. The summed E-state index contributed by atoms with van der Waals surface area (Å²) in [4.78, 5) is 13.3. The number of hydrogen-bond donors (Lipinski definition) is 0. The maximum atomic E-state index is 11.7. The van der Waals surface area contributed by atoms with Gasteiger partial charge >= 0.3 is 7.12 Å². The summed E-state index contributed by atoms with van der Waals surface area (Å²) in [6.45, 7) is 5.61. The van der Waals surface area contributed by atoms with Gasteiger partial charge in [0.15, 0.2) is 6.61 Å². The molecule has 6 heteroatoms. The predicted octanol–water partition coefficient (Wildman–Crippen LogP) is 0.810. The van der Waals surface area contributed by atoms with Crippen LogP contribution < -0.4 is 15.1 Å². The standard InChI is InChI=1S/C14H18BNO4/c1-14(2)8-19-15(20-9-14)10-4-5-12-11(6-10)16(3)13(17)7-18-12/h4-6H,7-9H2,1-3H3. The van der Waals surface area contributed by atoms with Crippen LogP contribution in [-0.4, -0.2) is 39.9 Å². The van der Waals surface area contributed by atoms with Gasteiger partial charge in [0.2, 0.25) is 0 Å². The molecule has 106 valence electrons. The third kappa shape index (κ3) is 2.41. The molecule has 1 saturated heterocycles. The van der Waals surface area contributed by atoms with E-state index in [9.17, 15) is 4.79 Å². The van der Waals surface area contributed by atoms with Gasteiger partial charge < -0.3 is 18.9 Å². The molecule has 0 unspecified atom stereocenters. The zero-order valence-electron chi connectivity index (χ0n) is 12.0. The van der Waals surface area contributed by atoms with Crippen molar-refractivity contribution in [2.75, 3.05) is 31.8 Å². The molecule has 0 spiro atoms. The van der Waals surface area contributed by atoms with E-state index < -0.39 is 0 Å². The minimum Gasteiger partial charge on any atom is -0.482 e. The largest absolute Gasteiger partial charge is 0.493 e. The van der Waals surface area contributed by atoms with Crippen molar-refractivity contribution in [3.63, 3.8) is 0 Å². The second kappa shape index (κ2) is 4.79. The fraction of sp³-hybridized carbons (Fsp3) is 0.500. The van der Waals surface area contributed by atoms with Crippen molar-refractivity contribution in [3.05, 3.63) is 18.2 Å². The number of anilines is 1. The average molecular weight is 275 g/mol. The highest BCUT2D eigenvalue weighted by Gasteiger charge is 2.34. The minimum absolute atomic E-state index is 0.0422. The molecule has 20 heavy (non-hydrogen) atoms. The number of hydrogen-bond acceptors (Lipinski definition) is 4. The van der Waals surface area contributed by atoms with Gasteiger partial charge in [0.1, 0.15) is 5.75 Å². The lowest BCUT2D eigenvalue weighted by molar-refractivity contribution is -0.120. The highest BCUT2D eigenvalue weighted by molar-refractivity contribution is 6.61. The molecule has 0 saturated carbocycles. The van der Waals surface area contributed by atoms with E-state index in [2.05, 4.69) is 13.8 Å². The van der Waals surface area contributed by atoms with E-state index in [1.165, 1.54) is 0 Å². The van der Waals surface area contributed by atoms with Crippen LogP contribution in [0.5, 0.6) is 5.75 Å². The van der Waals surface area contributed by atoms with Gasteiger partial charge in [-0.15, -0.1) is 0 Å². The normalized spacial score (nSPS) is 21.4. The number of benzene rings is 1. The van der Waals surface area contributed by atoms with Gasteiger partial charge in [0, 0.05) is 25.7 Å². The number of likely N-dealkylation sites (N-methyl/N-ethyl adjacent to an activating group) is 1. The fourth-order valence-electron chi connectivity index (χ4n) is 2.32. The summed E-state index contributed by atoms with van der Waals surface area (Å²) >= 11 is 0. The van der Waals surface area contributed by atoms with Crippen LogP contribution in [0.4, 0.5) is 5.69 Å². The molecule has 0 aromatic heterocycles. The Kier molecular flexibility index (Phi) is 3.22. The second-order valence-corrected chi connectivity index (χ2v) is 6.09. The number of rotatable bonds is 1. The lowest BCUT2D eigenvalue weighted by Gasteiger charge is -2.33. The second-order valence-electron chi connectivity index (χ2n) is 6.09. The number of fused-ring (bicyclic) bond motifs is 1. The lowest BCUT2D eigenvalue weighted by Crippen LogP contribution is -2.47. The van der Waals surface area contributed by atoms with Gasteiger partial charge in [-0.1, -0.05) is 19.9 Å². The first-order valence-corrected chi connectivity index (χ1v) is 6.73. The number of amides is 1. The highest BCUT2D eigenvalue weighted by atomic mass is 16.6. The van der Waals surface area contributed by atoms with Crippen molar-refractivity contribution < 1.29 is 18.8 Å². The van der Waals surface area contributed by atoms with Crippen LogP contribution in [0.15, 0.2) is 18.2 Å². The smallest absolute Gasteiger partial charge is 0.482 e. The van der Waals surface area contributed by atoms with Crippen molar-refractivity contribution in [2.24, 2.45) is 5.41 Å². The first-order valence-electron chi connectivity index (χ1n) is 6.73. The molecule has 5 nitrogen and oxygen atoms in total. The quantitative estimate of drug-likeness (QED) is 0.712. The average Bonchev–Trinajstić information content (AvgIpc) is 2.43. The van der Waals surface area contributed by atoms with Crippen molar-refractivity contribution >= 4 is 24.2 Å². The van der Waals surface area contributed by atoms with Crippen LogP contribution in [0.25, 0.3) is 0 Å². The van der Waals surface area contributed by atoms with E-state index in [0.29, 0.717) is 19.0 Å². The van der Waals surface area contributed by atoms with E-state index in [0.717, 1.165) is 11.2 Å². The van der Waals surface area contributed by atoms with Gasteiger partial charge in [-0.3, -0.25) is 4.79 Å². The zero-order chi connectivity index (χ0) is 14.3. The molecule has 2 heterocycles. The van der Waals surface area contributed by atoms with Gasteiger partial charge in [-0.2, -0.15) is 0 Å². The lowest BCUT2D eigenvalue weighted by atomic mass is 9.75. The van der Waals surface area contributed by atoms with Gasteiger partial charge in [0.05, 0.1) is 5.69 Å². The maximum absolute atomic E-state index is 11.7. The van der Waals surface area contributed by atoms with Gasteiger partial charge in [0.25, 0.3) is 5.91 Å². The Morgan fingerprint density at radius 2 is 1.95 bits per heavy atom. The van der Waals surface area contributed by atoms with E-state index in [1.54, 1.807) is 11.9 Å². The summed E-state index contributed by atoms with van der Waals surface area (Å²) in [6.07, 6.45) is 0. The number of carbonyl (C=O) groups excluding carboxylic acids is 1. The molecule has 0 radical (unpaired) electrons. The summed E-state index contributed by atoms with van der Waals surface area (Å²) in [5, 5.41) is 0. The molecule has 0 aliphatic carbocycles. The highest BCUT2D eigenvalue weighted by Crippen LogP contribution is 2.30. The Hall–Kier alpha value is -1.53. The molecule has 1 fully saturated rings. The van der Waals surface area contributed by atoms with Crippen LogP contribution in [0.2, 0.25) is 0 Å². The Balaban J connectivity index is 1.84. The van der Waals surface area contributed by atoms with Crippen molar-refractivity contribution in [3.8, 4) is 5.75 Å². The molecule has 1 aromatic rings. The summed E-state index contributed by atoms with van der Waals surface area (Å²) in [5.41, 5.74) is 1.71. The molecule has 2 aliphatic rings. The van der Waals surface area contributed by atoms with E-state index >= 15 is 0 Å². The molecule has 1 amide bonds.